The zero-order valence-corrected chi connectivity index (χ0v) is 12.4. The number of rotatable bonds is 9. The van der Waals surface area contributed by atoms with Crippen LogP contribution in [0.25, 0.3) is 0 Å². The Labute approximate surface area is 116 Å². The molecule has 1 fully saturated rings. The second-order valence-electron chi connectivity index (χ2n) is 6.03. The van der Waals surface area contributed by atoms with Crippen LogP contribution in [0.5, 0.6) is 0 Å². The second kappa shape index (κ2) is 8.54. The van der Waals surface area contributed by atoms with Crippen LogP contribution in [-0.4, -0.2) is 37.4 Å². The van der Waals surface area contributed by atoms with Crippen molar-refractivity contribution in [3.05, 3.63) is 0 Å². The number of aliphatic hydroxyl groups is 1. The molecule has 0 heterocycles. The molecule has 0 radical (unpaired) electrons. The highest BCUT2D eigenvalue weighted by Gasteiger charge is 2.40. The monoisotopic (exact) mass is 271 g/mol. The first-order valence-electron chi connectivity index (χ1n) is 7.57. The topological polar surface area (TPSA) is 58.6 Å². The van der Waals surface area contributed by atoms with Gasteiger partial charge < -0.3 is 15.2 Å². The molecule has 0 aliphatic heterocycles. The van der Waals surface area contributed by atoms with Crippen molar-refractivity contribution in [3.8, 4) is 0 Å². The van der Waals surface area contributed by atoms with Gasteiger partial charge in [-0.05, 0) is 31.6 Å². The number of hydrogen-bond acceptors (Lipinski definition) is 3. The molecule has 0 saturated heterocycles. The van der Waals surface area contributed by atoms with Gasteiger partial charge in [-0.25, -0.2) is 0 Å². The summed E-state index contributed by atoms with van der Waals surface area (Å²) in [5, 5.41) is 11.6. The molecule has 1 amide bonds. The first-order valence-corrected chi connectivity index (χ1v) is 7.57. The van der Waals surface area contributed by atoms with Crippen molar-refractivity contribution in [2.45, 2.75) is 52.4 Å². The standard InChI is InChI=1S/C15H29NO3/c1-13(2)12-15(6-3-4-7-15)14(18)16-8-5-10-19-11-9-17/h13,17H,3-12H2,1-2H3,(H,16,18). The molecule has 112 valence electrons. The molecular weight excluding hydrogens is 242 g/mol. The van der Waals surface area contributed by atoms with Crippen LogP contribution in [0.3, 0.4) is 0 Å². The van der Waals surface area contributed by atoms with Gasteiger partial charge in [0, 0.05) is 18.6 Å². The molecule has 4 nitrogen and oxygen atoms in total. The van der Waals surface area contributed by atoms with Gasteiger partial charge in [-0.3, -0.25) is 4.79 Å². The summed E-state index contributed by atoms with van der Waals surface area (Å²) in [7, 11) is 0. The smallest absolute Gasteiger partial charge is 0.226 e. The molecule has 1 saturated carbocycles. The van der Waals surface area contributed by atoms with Gasteiger partial charge in [0.05, 0.1) is 13.2 Å². The molecule has 0 spiro atoms. The molecule has 1 rings (SSSR count). The summed E-state index contributed by atoms with van der Waals surface area (Å²) in [6.45, 7) is 6.09. The van der Waals surface area contributed by atoms with Gasteiger partial charge in [-0.2, -0.15) is 0 Å². The largest absolute Gasteiger partial charge is 0.394 e. The number of amides is 1. The van der Waals surface area contributed by atoms with Gasteiger partial charge >= 0.3 is 0 Å². The highest BCUT2D eigenvalue weighted by atomic mass is 16.5. The average Bonchev–Trinajstić information content (AvgIpc) is 2.82. The van der Waals surface area contributed by atoms with Crippen LogP contribution in [0.1, 0.15) is 52.4 Å². The molecule has 0 aromatic rings. The predicted molar refractivity (Wildman–Crippen MR) is 75.9 cm³/mol. The van der Waals surface area contributed by atoms with Gasteiger partial charge in [-0.1, -0.05) is 26.7 Å². The van der Waals surface area contributed by atoms with E-state index in [2.05, 4.69) is 19.2 Å². The third-order valence-corrected chi connectivity index (χ3v) is 3.83. The number of carbonyl (C=O) groups is 1. The number of nitrogens with one attached hydrogen (secondary N) is 1. The third kappa shape index (κ3) is 5.49. The Morgan fingerprint density at radius 1 is 1.32 bits per heavy atom. The van der Waals surface area contributed by atoms with Gasteiger partial charge in [0.1, 0.15) is 0 Å². The van der Waals surface area contributed by atoms with Crippen molar-refractivity contribution >= 4 is 5.91 Å². The molecule has 4 heteroatoms. The lowest BCUT2D eigenvalue weighted by Crippen LogP contribution is -2.40. The maximum absolute atomic E-state index is 12.4. The average molecular weight is 271 g/mol. The van der Waals surface area contributed by atoms with Crippen LogP contribution in [0.4, 0.5) is 0 Å². The van der Waals surface area contributed by atoms with Crippen molar-refractivity contribution < 1.29 is 14.6 Å². The fraction of sp³-hybridized carbons (Fsp3) is 0.933. The Bertz CT molecular complexity index is 260. The van der Waals surface area contributed by atoms with Crippen molar-refractivity contribution in [2.75, 3.05) is 26.4 Å². The molecule has 0 unspecified atom stereocenters. The number of hydrogen-bond donors (Lipinski definition) is 2. The molecule has 0 aromatic carbocycles. The first-order chi connectivity index (χ1) is 9.10. The Balaban J connectivity index is 2.29. The van der Waals surface area contributed by atoms with Crippen LogP contribution in [0.2, 0.25) is 0 Å². The Morgan fingerprint density at radius 3 is 2.58 bits per heavy atom. The van der Waals surface area contributed by atoms with Crippen molar-refractivity contribution in [2.24, 2.45) is 11.3 Å². The van der Waals surface area contributed by atoms with Gasteiger partial charge in [0.15, 0.2) is 0 Å². The zero-order chi connectivity index (χ0) is 14.1. The van der Waals surface area contributed by atoms with E-state index in [0.29, 0.717) is 25.7 Å². The number of carbonyl (C=O) groups excluding carboxylic acids is 1. The molecule has 0 atom stereocenters. The van der Waals surface area contributed by atoms with E-state index in [0.717, 1.165) is 25.7 Å². The molecule has 1 aliphatic carbocycles. The van der Waals surface area contributed by atoms with E-state index in [1.807, 2.05) is 0 Å². The van der Waals surface area contributed by atoms with Crippen LogP contribution in [0, 0.1) is 11.3 Å². The van der Waals surface area contributed by atoms with E-state index >= 15 is 0 Å². The predicted octanol–water partition coefficient (Wildman–Crippen LogP) is 2.11. The molecule has 2 N–H and O–H groups in total. The number of aliphatic hydroxyl groups excluding tert-OH is 1. The van der Waals surface area contributed by atoms with E-state index in [9.17, 15) is 4.79 Å². The minimum absolute atomic E-state index is 0.0594. The highest BCUT2D eigenvalue weighted by molar-refractivity contribution is 5.82. The summed E-state index contributed by atoms with van der Waals surface area (Å²) in [6.07, 6.45) is 6.25. The quantitative estimate of drug-likeness (QED) is 0.631. The Hall–Kier alpha value is -0.610. The van der Waals surface area contributed by atoms with Gasteiger partial charge in [0.25, 0.3) is 0 Å². The molecule has 19 heavy (non-hydrogen) atoms. The van der Waals surface area contributed by atoms with E-state index < -0.39 is 0 Å². The Morgan fingerprint density at radius 2 is 2.00 bits per heavy atom. The highest BCUT2D eigenvalue weighted by Crippen LogP contribution is 2.43. The third-order valence-electron chi connectivity index (χ3n) is 3.83. The summed E-state index contributed by atoms with van der Waals surface area (Å²) in [5.74, 6) is 0.803. The summed E-state index contributed by atoms with van der Waals surface area (Å²) >= 11 is 0. The maximum Gasteiger partial charge on any atom is 0.226 e. The lowest BCUT2D eigenvalue weighted by Gasteiger charge is -2.29. The lowest BCUT2D eigenvalue weighted by molar-refractivity contribution is -0.131. The van der Waals surface area contributed by atoms with Crippen LogP contribution in [0.15, 0.2) is 0 Å². The van der Waals surface area contributed by atoms with E-state index in [4.69, 9.17) is 9.84 Å². The van der Waals surface area contributed by atoms with Crippen molar-refractivity contribution in [3.63, 3.8) is 0 Å². The number of ether oxygens (including phenoxy) is 1. The van der Waals surface area contributed by atoms with E-state index in [-0.39, 0.29) is 17.9 Å². The van der Waals surface area contributed by atoms with Crippen LogP contribution in [-0.2, 0) is 9.53 Å². The summed E-state index contributed by atoms with van der Waals surface area (Å²) in [5.41, 5.74) is -0.111. The minimum Gasteiger partial charge on any atom is -0.394 e. The Kier molecular flexibility index (Phi) is 7.39. The van der Waals surface area contributed by atoms with Crippen molar-refractivity contribution in [1.29, 1.82) is 0 Å². The van der Waals surface area contributed by atoms with Crippen LogP contribution < -0.4 is 5.32 Å². The maximum atomic E-state index is 12.4. The summed E-state index contributed by atoms with van der Waals surface area (Å²) < 4.78 is 5.18. The normalized spacial score (nSPS) is 17.9. The fourth-order valence-electron chi connectivity index (χ4n) is 3.09. The lowest BCUT2D eigenvalue weighted by atomic mass is 9.77. The molecular formula is C15H29NO3. The van der Waals surface area contributed by atoms with E-state index in [1.165, 1.54) is 12.8 Å². The van der Waals surface area contributed by atoms with Crippen LogP contribution >= 0.6 is 0 Å². The van der Waals surface area contributed by atoms with Crippen molar-refractivity contribution in [1.82, 2.24) is 5.32 Å². The second-order valence-corrected chi connectivity index (χ2v) is 6.03. The molecule has 1 aliphatic rings. The minimum atomic E-state index is -0.111. The summed E-state index contributed by atoms with van der Waals surface area (Å²) in [6, 6.07) is 0. The fourth-order valence-corrected chi connectivity index (χ4v) is 3.09. The van der Waals surface area contributed by atoms with Gasteiger partial charge in [0.2, 0.25) is 5.91 Å². The zero-order valence-electron chi connectivity index (χ0n) is 12.4. The molecule has 0 aromatic heterocycles. The van der Waals surface area contributed by atoms with E-state index in [1.54, 1.807) is 0 Å². The van der Waals surface area contributed by atoms with Gasteiger partial charge in [-0.15, -0.1) is 0 Å². The first kappa shape index (κ1) is 16.4. The SMILES string of the molecule is CC(C)CC1(C(=O)NCCCOCCO)CCCC1. The molecule has 0 bridgehead atoms. The summed E-state index contributed by atoms with van der Waals surface area (Å²) in [4.78, 5) is 12.4.